The van der Waals surface area contributed by atoms with E-state index in [4.69, 9.17) is 5.73 Å². The van der Waals surface area contributed by atoms with Crippen molar-refractivity contribution in [3.63, 3.8) is 0 Å². The second kappa shape index (κ2) is 11.8. The van der Waals surface area contributed by atoms with E-state index in [1.165, 1.54) is 11.1 Å². The van der Waals surface area contributed by atoms with Crippen molar-refractivity contribution in [3.05, 3.63) is 71.8 Å². The Hall–Kier alpha value is -2.13. The molecule has 2 aromatic rings. The van der Waals surface area contributed by atoms with Gasteiger partial charge in [-0.25, -0.2) is 0 Å². The highest BCUT2D eigenvalue weighted by Crippen LogP contribution is 2.24. The van der Waals surface area contributed by atoms with Crippen molar-refractivity contribution in [2.24, 2.45) is 11.7 Å². The number of carbonyl (C=O) groups excluding carboxylic acids is 1. The van der Waals surface area contributed by atoms with E-state index in [0.29, 0.717) is 0 Å². The Kier molecular flexibility index (Phi) is 8.76. The number of nitrogens with two attached hydrogens (primary N) is 1. The van der Waals surface area contributed by atoms with Crippen molar-refractivity contribution >= 4 is 5.91 Å². The maximum absolute atomic E-state index is 12.9. The lowest BCUT2D eigenvalue weighted by Crippen LogP contribution is -2.47. The number of amides is 1. The third-order valence-electron chi connectivity index (χ3n) is 6.22. The summed E-state index contributed by atoms with van der Waals surface area (Å²) in [5.74, 6) is 0.177. The highest BCUT2D eigenvalue weighted by molar-refractivity contribution is 5.79. The number of aryl methyl sites for hydroxylation is 2. The minimum absolute atomic E-state index is 0.00510. The highest BCUT2D eigenvalue weighted by atomic mass is 16.2. The first-order valence-electron chi connectivity index (χ1n) is 11.4. The van der Waals surface area contributed by atoms with Gasteiger partial charge in [0.15, 0.2) is 0 Å². The Balaban J connectivity index is 1.51. The molecule has 2 atom stereocenters. The second-order valence-electron chi connectivity index (χ2n) is 8.52. The molecule has 0 unspecified atom stereocenters. The van der Waals surface area contributed by atoms with Gasteiger partial charge in [-0.15, -0.1) is 0 Å². The maximum Gasteiger partial charge on any atom is 0.224 e. The molecule has 3 rings (SSSR count). The first-order valence-corrected chi connectivity index (χ1v) is 11.4. The van der Waals surface area contributed by atoms with E-state index >= 15 is 0 Å². The molecule has 0 bridgehead atoms. The number of nitrogens with one attached hydrogen (secondary N) is 1. The first-order chi connectivity index (χ1) is 14.2. The average Bonchev–Trinajstić information content (AvgIpc) is 2.75. The van der Waals surface area contributed by atoms with E-state index in [2.05, 4.69) is 66.0 Å². The van der Waals surface area contributed by atoms with E-state index in [0.717, 1.165) is 64.2 Å². The van der Waals surface area contributed by atoms with Gasteiger partial charge in [0.1, 0.15) is 0 Å². The smallest absolute Gasteiger partial charge is 0.224 e. The molecule has 0 aromatic heterocycles. The first kappa shape index (κ1) is 21.6. The Morgan fingerprint density at radius 2 is 1.38 bits per heavy atom. The second-order valence-corrected chi connectivity index (χ2v) is 8.52. The number of rotatable bonds is 10. The quantitative estimate of drug-likeness (QED) is 0.595. The minimum atomic E-state index is -0.00510. The minimum Gasteiger partial charge on any atom is -0.353 e. The normalized spacial score (nSPS) is 19.2. The van der Waals surface area contributed by atoms with Crippen LogP contribution in [0.1, 0.15) is 62.5 Å². The lowest BCUT2D eigenvalue weighted by atomic mass is 9.84. The maximum atomic E-state index is 12.9. The molecule has 3 nitrogen and oxygen atoms in total. The fourth-order valence-corrected chi connectivity index (χ4v) is 4.48. The lowest BCUT2D eigenvalue weighted by Gasteiger charge is -2.29. The van der Waals surface area contributed by atoms with E-state index in [1.807, 2.05) is 0 Å². The van der Waals surface area contributed by atoms with Gasteiger partial charge in [0.05, 0.1) is 5.92 Å². The predicted molar refractivity (Wildman–Crippen MR) is 121 cm³/mol. The van der Waals surface area contributed by atoms with Crippen LogP contribution in [0.4, 0.5) is 0 Å². The van der Waals surface area contributed by atoms with Gasteiger partial charge in [0.2, 0.25) is 5.91 Å². The number of hydrogen-bond donors (Lipinski definition) is 2. The van der Waals surface area contributed by atoms with Crippen molar-refractivity contribution in [1.82, 2.24) is 5.32 Å². The average molecular weight is 393 g/mol. The molecule has 0 aliphatic heterocycles. The number of hydrogen-bond acceptors (Lipinski definition) is 2. The van der Waals surface area contributed by atoms with E-state index in [1.54, 1.807) is 0 Å². The highest BCUT2D eigenvalue weighted by Gasteiger charge is 2.29. The van der Waals surface area contributed by atoms with E-state index in [9.17, 15) is 4.79 Å². The van der Waals surface area contributed by atoms with Gasteiger partial charge in [-0.3, -0.25) is 4.79 Å². The number of benzene rings is 2. The van der Waals surface area contributed by atoms with Crippen LogP contribution >= 0.6 is 0 Å². The van der Waals surface area contributed by atoms with Crippen molar-refractivity contribution in [1.29, 1.82) is 0 Å². The molecule has 156 valence electrons. The fraction of sp³-hybridized carbons (Fsp3) is 0.500. The summed E-state index contributed by atoms with van der Waals surface area (Å²) in [5.41, 5.74) is 8.99. The summed E-state index contributed by atoms with van der Waals surface area (Å²) in [6.07, 6.45) is 10.6. The Labute approximate surface area is 176 Å². The van der Waals surface area contributed by atoms with Gasteiger partial charge in [-0.1, -0.05) is 73.5 Å². The van der Waals surface area contributed by atoms with Crippen molar-refractivity contribution in [3.8, 4) is 0 Å². The van der Waals surface area contributed by atoms with Gasteiger partial charge in [-0.05, 0) is 62.5 Å². The molecule has 0 saturated heterocycles. The Morgan fingerprint density at radius 1 is 0.862 bits per heavy atom. The summed E-state index contributed by atoms with van der Waals surface area (Å²) in [7, 11) is 0. The molecule has 1 amide bonds. The predicted octanol–water partition coefficient (Wildman–Crippen LogP) is 5.03. The third kappa shape index (κ3) is 7.32. The molecule has 1 saturated carbocycles. The van der Waals surface area contributed by atoms with Crippen molar-refractivity contribution < 1.29 is 4.79 Å². The molecule has 0 radical (unpaired) electrons. The van der Waals surface area contributed by atoms with Crippen LogP contribution in [-0.2, 0) is 17.6 Å². The van der Waals surface area contributed by atoms with Crippen LogP contribution in [0.5, 0.6) is 0 Å². The zero-order valence-corrected chi connectivity index (χ0v) is 17.6. The molecule has 1 aliphatic carbocycles. The van der Waals surface area contributed by atoms with E-state index < -0.39 is 0 Å². The van der Waals surface area contributed by atoms with E-state index in [-0.39, 0.29) is 23.9 Å². The van der Waals surface area contributed by atoms with Crippen LogP contribution in [0.2, 0.25) is 0 Å². The zero-order valence-electron chi connectivity index (χ0n) is 17.6. The fourth-order valence-electron chi connectivity index (χ4n) is 4.48. The summed E-state index contributed by atoms with van der Waals surface area (Å²) in [5, 5.41) is 3.37. The largest absolute Gasteiger partial charge is 0.353 e. The molecule has 2 aromatic carbocycles. The molecule has 3 N–H and O–H groups in total. The summed E-state index contributed by atoms with van der Waals surface area (Å²) in [6.45, 7) is 0. The summed E-state index contributed by atoms with van der Waals surface area (Å²) in [6, 6.07) is 21.5. The van der Waals surface area contributed by atoms with Gasteiger partial charge in [0.25, 0.3) is 0 Å². The summed E-state index contributed by atoms with van der Waals surface area (Å²) < 4.78 is 0. The monoisotopic (exact) mass is 392 g/mol. The standard InChI is InChI=1S/C26H36N2O/c27-25-20-8-7-19-24(25)26(29)28-23(17-9-15-21-11-3-1-4-12-21)18-10-16-22-13-5-2-6-14-22/h1-6,11-14,23-25H,7-10,15-20,27H2,(H,28,29)/t24-,25+/m1/s1. The van der Waals surface area contributed by atoms with Crippen LogP contribution in [0.3, 0.4) is 0 Å². The molecule has 1 fully saturated rings. The number of carbonyl (C=O) groups is 1. The molecular formula is C26H36N2O. The van der Waals surface area contributed by atoms with Gasteiger partial charge < -0.3 is 11.1 Å². The van der Waals surface area contributed by atoms with Gasteiger partial charge >= 0.3 is 0 Å². The van der Waals surface area contributed by atoms with Crippen LogP contribution < -0.4 is 11.1 Å². The molecule has 1 aliphatic rings. The third-order valence-corrected chi connectivity index (χ3v) is 6.22. The summed E-state index contributed by atoms with van der Waals surface area (Å²) >= 11 is 0. The molecule has 3 heteroatoms. The van der Waals surface area contributed by atoms with Crippen LogP contribution in [-0.4, -0.2) is 18.0 Å². The Bertz CT molecular complexity index is 671. The van der Waals surface area contributed by atoms with Crippen molar-refractivity contribution in [2.75, 3.05) is 0 Å². The van der Waals surface area contributed by atoms with Gasteiger partial charge in [0, 0.05) is 12.1 Å². The molecular weight excluding hydrogens is 356 g/mol. The molecule has 29 heavy (non-hydrogen) atoms. The lowest BCUT2D eigenvalue weighted by molar-refractivity contribution is -0.127. The topological polar surface area (TPSA) is 55.1 Å². The van der Waals surface area contributed by atoms with Crippen molar-refractivity contribution in [2.45, 2.75) is 76.3 Å². The van der Waals surface area contributed by atoms with Crippen LogP contribution in [0, 0.1) is 5.92 Å². The molecule has 0 spiro atoms. The SMILES string of the molecule is N[C@H]1CCCC[C@H]1C(=O)NC(CCCc1ccccc1)CCCc1ccccc1. The Morgan fingerprint density at radius 3 is 1.90 bits per heavy atom. The molecule has 0 heterocycles. The van der Waals surface area contributed by atoms with Crippen LogP contribution in [0.15, 0.2) is 60.7 Å². The summed E-state index contributed by atoms with van der Waals surface area (Å²) in [4.78, 5) is 12.9. The zero-order chi connectivity index (χ0) is 20.3. The van der Waals surface area contributed by atoms with Gasteiger partial charge in [-0.2, -0.15) is 0 Å². The van der Waals surface area contributed by atoms with Crippen LogP contribution in [0.25, 0.3) is 0 Å².